The van der Waals surface area contributed by atoms with Crippen LogP contribution in [0.2, 0.25) is 0 Å². The number of halogens is 1. The molecule has 0 bridgehead atoms. The van der Waals surface area contributed by atoms with Crippen molar-refractivity contribution in [3.05, 3.63) is 33.8 Å². The van der Waals surface area contributed by atoms with Gasteiger partial charge in [0.2, 0.25) is 0 Å². The minimum atomic E-state index is 0.620. The zero-order valence-electron chi connectivity index (χ0n) is 9.42. The maximum Gasteiger partial charge on any atom is 0.120 e. The van der Waals surface area contributed by atoms with E-state index in [-0.39, 0.29) is 0 Å². The summed E-state index contributed by atoms with van der Waals surface area (Å²) in [5, 5.41) is 0. The van der Waals surface area contributed by atoms with E-state index in [0.717, 1.165) is 18.6 Å². The van der Waals surface area contributed by atoms with Crippen molar-refractivity contribution in [3.8, 4) is 0 Å². The summed E-state index contributed by atoms with van der Waals surface area (Å²) in [4.78, 5) is 10.3. The lowest BCUT2D eigenvalue weighted by molar-refractivity contribution is -0.107. The summed E-state index contributed by atoms with van der Waals surface area (Å²) < 4.78 is 1.22. The molecule has 86 valence electrons. The molecule has 0 N–H and O–H groups in total. The fraction of sp³-hybridized carbons (Fsp3) is 0.500. The van der Waals surface area contributed by atoms with Crippen molar-refractivity contribution in [1.29, 1.82) is 0 Å². The van der Waals surface area contributed by atoms with E-state index in [0.29, 0.717) is 6.42 Å². The highest BCUT2D eigenvalue weighted by atomic mass is 79.9. The number of hydrogen-bond acceptors (Lipinski definition) is 1. The van der Waals surface area contributed by atoms with Gasteiger partial charge in [0, 0.05) is 10.9 Å². The first-order chi connectivity index (χ1) is 7.81. The van der Waals surface area contributed by atoms with Crippen molar-refractivity contribution in [2.75, 3.05) is 0 Å². The van der Waals surface area contributed by atoms with Gasteiger partial charge >= 0.3 is 0 Å². The number of carbonyl (C=O) groups is 1. The highest BCUT2D eigenvalue weighted by molar-refractivity contribution is 9.10. The van der Waals surface area contributed by atoms with E-state index >= 15 is 0 Å². The Bertz CT molecular complexity index is 367. The smallest absolute Gasteiger partial charge is 0.120 e. The third-order valence-corrected chi connectivity index (χ3v) is 4.10. The van der Waals surface area contributed by atoms with Gasteiger partial charge in [0.25, 0.3) is 0 Å². The minimum absolute atomic E-state index is 0.620. The first-order valence-corrected chi connectivity index (χ1v) is 6.82. The van der Waals surface area contributed by atoms with Gasteiger partial charge < -0.3 is 4.79 Å². The first-order valence-electron chi connectivity index (χ1n) is 6.03. The zero-order valence-corrected chi connectivity index (χ0v) is 11.0. The molecule has 0 saturated heterocycles. The van der Waals surface area contributed by atoms with Gasteiger partial charge in [0.1, 0.15) is 6.29 Å². The summed E-state index contributed by atoms with van der Waals surface area (Å²) in [5.41, 5.74) is 2.70. The fourth-order valence-electron chi connectivity index (χ4n) is 2.52. The molecular weight excluding hydrogens is 264 g/mol. The average molecular weight is 281 g/mol. The van der Waals surface area contributed by atoms with Crippen LogP contribution >= 0.6 is 15.9 Å². The molecule has 0 atom stereocenters. The van der Waals surface area contributed by atoms with Crippen molar-refractivity contribution in [2.24, 2.45) is 0 Å². The van der Waals surface area contributed by atoms with Gasteiger partial charge in [-0.05, 0) is 42.4 Å². The van der Waals surface area contributed by atoms with E-state index < -0.39 is 0 Å². The van der Waals surface area contributed by atoms with Crippen LogP contribution in [0.1, 0.15) is 49.1 Å². The third-order valence-electron chi connectivity index (χ3n) is 3.41. The molecule has 0 aromatic heterocycles. The minimum Gasteiger partial charge on any atom is -0.303 e. The van der Waals surface area contributed by atoms with E-state index in [4.69, 9.17) is 0 Å². The molecule has 1 nitrogen and oxygen atoms in total. The van der Waals surface area contributed by atoms with Gasteiger partial charge in [0.15, 0.2) is 0 Å². The second-order valence-corrected chi connectivity index (χ2v) is 5.40. The number of hydrogen-bond donors (Lipinski definition) is 0. The van der Waals surface area contributed by atoms with Crippen molar-refractivity contribution < 1.29 is 4.79 Å². The van der Waals surface area contributed by atoms with Gasteiger partial charge in [-0.2, -0.15) is 0 Å². The molecule has 0 amide bonds. The lowest BCUT2D eigenvalue weighted by Gasteiger charge is -2.12. The standard InChI is InChI=1S/C14H17BrO/c15-14-10-11(4-3-9-16)7-8-13(14)12-5-1-2-6-12/h7-10,12H,1-6H2. The number of rotatable bonds is 4. The molecule has 0 aliphatic heterocycles. The van der Waals surface area contributed by atoms with Gasteiger partial charge in [-0.3, -0.25) is 0 Å². The van der Waals surface area contributed by atoms with Crippen LogP contribution < -0.4 is 0 Å². The summed E-state index contributed by atoms with van der Waals surface area (Å²) >= 11 is 3.66. The predicted octanol–water partition coefficient (Wildman–Crippen LogP) is 4.24. The molecule has 1 saturated carbocycles. The quantitative estimate of drug-likeness (QED) is 0.754. The van der Waals surface area contributed by atoms with Crippen molar-refractivity contribution in [1.82, 2.24) is 0 Å². The summed E-state index contributed by atoms with van der Waals surface area (Å²) in [5.74, 6) is 0.745. The maximum absolute atomic E-state index is 10.3. The highest BCUT2D eigenvalue weighted by Gasteiger charge is 2.19. The van der Waals surface area contributed by atoms with Crippen LogP contribution in [-0.2, 0) is 11.2 Å². The van der Waals surface area contributed by atoms with Crippen LogP contribution in [0.5, 0.6) is 0 Å². The largest absolute Gasteiger partial charge is 0.303 e. The molecule has 2 heteroatoms. The van der Waals surface area contributed by atoms with Gasteiger partial charge in [0.05, 0.1) is 0 Å². The number of carbonyl (C=O) groups excluding carboxylic acids is 1. The molecule has 1 fully saturated rings. The van der Waals surface area contributed by atoms with E-state index in [9.17, 15) is 4.79 Å². The monoisotopic (exact) mass is 280 g/mol. The first kappa shape index (κ1) is 11.8. The average Bonchev–Trinajstić information content (AvgIpc) is 2.80. The number of aryl methyl sites for hydroxylation is 1. The molecule has 1 aromatic rings. The van der Waals surface area contributed by atoms with Crippen LogP contribution in [-0.4, -0.2) is 6.29 Å². The SMILES string of the molecule is O=CCCc1ccc(C2CCCC2)c(Br)c1. The third kappa shape index (κ3) is 2.73. The maximum atomic E-state index is 10.3. The summed E-state index contributed by atoms with van der Waals surface area (Å²) in [6, 6.07) is 6.58. The highest BCUT2D eigenvalue weighted by Crippen LogP contribution is 2.37. The summed E-state index contributed by atoms with van der Waals surface area (Å²) in [6.45, 7) is 0. The molecule has 2 rings (SSSR count). The Morgan fingerprint density at radius 2 is 2.06 bits per heavy atom. The molecule has 0 spiro atoms. The van der Waals surface area contributed by atoms with Crippen LogP contribution in [0.15, 0.2) is 22.7 Å². The molecular formula is C14H17BrO. The Labute approximate surface area is 105 Å². The molecule has 0 radical (unpaired) electrons. The second-order valence-electron chi connectivity index (χ2n) is 4.54. The number of benzene rings is 1. The van der Waals surface area contributed by atoms with Crippen molar-refractivity contribution in [2.45, 2.75) is 44.4 Å². The van der Waals surface area contributed by atoms with Gasteiger partial charge in [-0.1, -0.05) is 40.9 Å². The molecule has 0 unspecified atom stereocenters. The Balaban J connectivity index is 2.12. The van der Waals surface area contributed by atoms with Gasteiger partial charge in [-0.25, -0.2) is 0 Å². The summed E-state index contributed by atoms with van der Waals surface area (Å²) in [7, 11) is 0. The Kier molecular flexibility index (Phi) is 4.16. The Morgan fingerprint density at radius 1 is 1.31 bits per heavy atom. The predicted molar refractivity (Wildman–Crippen MR) is 69.7 cm³/mol. The molecule has 16 heavy (non-hydrogen) atoms. The topological polar surface area (TPSA) is 17.1 Å². The van der Waals surface area contributed by atoms with Crippen LogP contribution in [0.25, 0.3) is 0 Å². The molecule has 0 heterocycles. The molecule has 1 aliphatic carbocycles. The molecule has 1 aliphatic rings. The lowest BCUT2D eigenvalue weighted by Crippen LogP contribution is -1.95. The summed E-state index contributed by atoms with van der Waals surface area (Å²) in [6.07, 6.45) is 7.84. The fourth-order valence-corrected chi connectivity index (χ4v) is 3.27. The van der Waals surface area contributed by atoms with Crippen molar-refractivity contribution >= 4 is 22.2 Å². The Hall–Kier alpha value is -0.630. The van der Waals surface area contributed by atoms with Crippen LogP contribution in [0.3, 0.4) is 0 Å². The lowest BCUT2D eigenvalue weighted by atomic mass is 9.96. The van der Waals surface area contributed by atoms with E-state index in [1.807, 2.05) is 0 Å². The number of aldehydes is 1. The van der Waals surface area contributed by atoms with Crippen LogP contribution in [0.4, 0.5) is 0 Å². The normalized spacial score (nSPS) is 16.6. The Morgan fingerprint density at radius 3 is 2.69 bits per heavy atom. The second kappa shape index (κ2) is 5.62. The van der Waals surface area contributed by atoms with Gasteiger partial charge in [-0.15, -0.1) is 0 Å². The van der Waals surface area contributed by atoms with Crippen LogP contribution in [0, 0.1) is 0 Å². The van der Waals surface area contributed by atoms with E-state index in [1.54, 1.807) is 0 Å². The van der Waals surface area contributed by atoms with E-state index in [2.05, 4.69) is 34.1 Å². The van der Waals surface area contributed by atoms with Crippen molar-refractivity contribution in [3.63, 3.8) is 0 Å². The molecule has 1 aromatic carbocycles. The van der Waals surface area contributed by atoms with E-state index in [1.165, 1.54) is 41.3 Å². The zero-order chi connectivity index (χ0) is 11.4.